The second-order valence-electron chi connectivity index (χ2n) is 5.31. The fourth-order valence-electron chi connectivity index (χ4n) is 1.57. The Morgan fingerprint density at radius 2 is 2.05 bits per heavy atom. The number of rotatable bonds is 4. The molecule has 0 saturated carbocycles. The first-order chi connectivity index (χ1) is 8.70. The minimum absolute atomic E-state index is 0.00574. The Morgan fingerprint density at radius 3 is 2.58 bits per heavy atom. The first-order valence-electron chi connectivity index (χ1n) is 6.04. The van der Waals surface area contributed by atoms with Crippen LogP contribution in [0.15, 0.2) is 18.2 Å². The molecule has 0 heterocycles. The molecular formula is C14H20N2O2S. The second-order valence-corrected chi connectivity index (χ2v) is 5.75. The van der Waals surface area contributed by atoms with Gasteiger partial charge in [-0.1, -0.05) is 24.4 Å². The van der Waals surface area contributed by atoms with Gasteiger partial charge in [-0.05, 0) is 39.3 Å². The maximum Gasteiger partial charge on any atom is 0.250 e. The van der Waals surface area contributed by atoms with Gasteiger partial charge >= 0.3 is 0 Å². The molecule has 104 valence electrons. The number of hydrogen-bond donors (Lipinski definition) is 2. The number of nitrogens with two attached hydrogens (primary N) is 1. The molecule has 19 heavy (non-hydrogen) atoms. The van der Waals surface area contributed by atoms with E-state index in [0.29, 0.717) is 11.3 Å². The first-order valence-corrected chi connectivity index (χ1v) is 6.45. The van der Waals surface area contributed by atoms with Gasteiger partial charge in [-0.25, -0.2) is 0 Å². The molecule has 0 spiro atoms. The third-order valence-electron chi connectivity index (χ3n) is 2.43. The Bertz CT molecular complexity index is 493. The number of hydrogen-bond acceptors (Lipinski definition) is 3. The molecule has 1 aromatic rings. The van der Waals surface area contributed by atoms with Gasteiger partial charge in [0.05, 0.1) is 11.3 Å². The van der Waals surface area contributed by atoms with E-state index < -0.39 is 0 Å². The van der Waals surface area contributed by atoms with Crippen molar-refractivity contribution in [3.05, 3.63) is 29.3 Å². The van der Waals surface area contributed by atoms with Crippen molar-refractivity contribution in [2.45, 2.75) is 33.3 Å². The molecule has 0 bridgehead atoms. The number of carbonyl (C=O) groups is 1. The average Bonchev–Trinajstić information content (AvgIpc) is 2.25. The van der Waals surface area contributed by atoms with Gasteiger partial charge in [0.25, 0.3) is 0 Å². The number of amides is 1. The highest BCUT2D eigenvalue weighted by atomic mass is 32.1. The first kappa shape index (κ1) is 15.6. The van der Waals surface area contributed by atoms with Crippen molar-refractivity contribution < 1.29 is 9.53 Å². The standard InChI is InChI=1S/C14H20N2O2S/c1-9-6-5-7-10(12(9)13(15)19)16-11(17)8-18-14(2,3)4/h5-7H,8H2,1-4H3,(H2,15,19)(H,16,17). The van der Waals surface area contributed by atoms with Crippen LogP contribution < -0.4 is 11.1 Å². The van der Waals surface area contributed by atoms with E-state index in [9.17, 15) is 4.79 Å². The molecule has 3 N–H and O–H groups in total. The molecule has 1 aromatic carbocycles. The highest BCUT2D eigenvalue weighted by molar-refractivity contribution is 7.80. The van der Waals surface area contributed by atoms with Crippen LogP contribution in [0.5, 0.6) is 0 Å². The van der Waals surface area contributed by atoms with Gasteiger partial charge in [0.1, 0.15) is 11.6 Å². The Labute approximate surface area is 119 Å². The summed E-state index contributed by atoms with van der Waals surface area (Å²) in [6.45, 7) is 7.58. The number of benzene rings is 1. The van der Waals surface area contributed by atoms with Crippen LogP contribution in [0.1, 0.15) is 31.9 Å². The van der Waals surface area contributed by atoms with Gasteiger partial charge in [0.15, 0.2) is 0 Å². The summed E-state index contributed by atoms with van der Waals surface area (Å²) in [4.78, 5) is 12.1. The number of aryl methyl sites for hydroxylation is 1. The molecule has 0 radical (unpaired) electrons. The monoisotopic (exact) mass is 280 g/mol. The second kappa shape index (κ2) is 6.12. The number of ether oxygens (including phenoxy) is 1. The van der Waals surface area contributed by atoms with Gasteiger partial charge in [-0.2, -0.15) is 0 Å². The molecule has 5 heteroatoms. The quantitative estimate of drug-likeness (QED) is 0.831. The van der Waals surface area contributed by atoms with E-state index in [-0.39, 0.29) is 23.1 Å². The van der Waals surface area contributed by atoms with Crippen LogP contribution >= 0.6 is 12.2 Å². The zero-order valence-electron chi connectivity index (χ0n) is 11.7. The number of anilines is 1. The molecule has 0 aliphatic rings. The van der Waals surface area contributed by atoms with E-state index in [1.165, 1.54) is 0 Å². The van der Waals surface area contributed by atoms with E-state index in [1.54, 1.807) is 6.07 Å². The molecule has 1 amide bonds. The molecule has 0 aliphatic carbocycles. The average molecular weight is 280 g/mol. The van der Waals surface area contributed by atoms with E-state index >= 15 is 0 Å². The smallest absolute Gasteiger partial charge is 0.250 e. The molecule has 4 nitrogen and oxygen atoms in total. The lowest BCUT2D eigenvalue weighted by molar-refractivity contribution is -0.125. The molecule has 0 atom stereocenters. The van der Waals surface area contributed by atoms with Crippen molar-refractivity contribution in [1.82, 2.24) is 0 Å². The summed E-state index contributed by atoms with van der Waals surface area (Å²) in [7, 11) is 0. The summed E-state index contributed by atoms with van der Waals surface area (Å²) in [5, 5.41) is 2.77. The maximum atomic E-state index is 11.8. The third kappa shape index (κ3) is 4.96. The number of nitrogens with one attached hydrogen (secondary N) is 1. The minimum atomic E-state index is -0.351. The van der Waals surface area contributed by atoms with Crippen LogP contribution in [0, 0.1) is 6.92 Å². The Morgan fingerprint density at radius 1 is 1.42 bits per heavy atom. The van der Waals surface area contributed by atoms with Crippen LogP contribution in [-0.4, -0.2) is 23.1 Å². The van der Waals surface area contributed by atoms with Gasteiger partial charge in [0, 0.05) is 5.56 Å². The van der Waals surface area contributed by atoms with Crippen LogP contribution in [-0.2, 0) is 9.53 Å². The lowest BCUT2D eigenvalue weighted by atomic mass is 10.1. The van der Waals surface area contributed by atoms with Gasteiger partial charge in [0.2, 0.25) is 5.91 Å². The Balaban J connectivity index is 2.80. The van der Waals surface area contributed by atoms with Crippen LogP contribution in [0.4, 0.5) is 5.69 Å². The maximum absolute atomic E-state index is 11.8. The number of carbonyl (C=O) groups excluding carboxylic acids is 1. The summed E-state index contributed by atoms with van der Waals surface area (Å²) >= 11 is 5.01. The summed E-state index contributed by atoms with van der Waals surface area (Å²) in [6, 6.07) is 5.52. The fraction of sp³-hybridized carbons (Fsp3) is 0.429. The Hall–Kier alpha value is -1.46. The third-order valence-corrected chi connectivity index (χ3v) is 2.63. The summed E-state index contributed by atoms with van der Waals surface area (Å²) in [6.07, 6.45) is 0. The molecular weight excluding hydrogens is 260 g/mol. The highest BCUT2D eigenvalue weighted by Gasteiger charge is 2.15. The van der Waals surface area contributed by atoms with Crippen LogP contribution in [0.3, 0.4) is 0 Å². The van der Waals surface area contributed by atoms with E-state index in [4.69, 9.17) is 22.7 Å². The largest absolute Gasteiger partial charge is 0.389 e. The number of thiocarbonyl (C=S) groups is 1. The zero-order chi connectivity index (χ0) is 14.6. The molecule has 0 fully saturated rings. The van der Waals surface area contributed by atoms with E-state index in [2.05, 4.69) is 5.32 Å². The molecule has 0 saturated heterocycles. The van der Waals surface area contributed by atoms with E-state index in [0.717, 1.165) is 5.56 Å². The van der Waals surface area contributed by atoms with Gasteiger partial charge in [-0.3, -0.25) is 4.79 Å². The van der Waals surface area contributed by atoms with Crippen molar-refractivity contribution in [2.75, 3.05) is 11.9 Å². The molecule has 1 rings (SSSR count). The zero-order valence-corrected chi connectivity index (χ0v) is 12.6. The predicted octanol–water partition coefficient (Wildman–Crippen LogP) is 2.38. The van der Waals surface area contributed by atoms with Crippen molar-refractivity contribution in [3.8, 4) is 0 Å². The van der Waals surface area contributed by atoms with E-state index in [1.807, 2.05) is 39.8 Å². The topological polar surface area (TPSA) is 64.3 Å². The van der Waals surface area contributed by atoms with Crippen LogP contribution in [0.2, 0.25) is 0 Å². The lowest BCUT2D eigenvalue weighted by Crippen LogP contribution is -2.28. The SMILES string of the molecule is Cc1cccc(NC(=O)COC(C)(C)C)c1C(N)=S. The van der Waals surface area contributed by atoms with Crippen molar-refractivity contribution in [3.63, 3.8) is 0 Å². The summed E-state index contributed by atoms with van der Waals surface area (Å²) in [5.74, 6) is -0.224. The van der Waals surface area contributed by atoms with Crippen molar-refractivity contribution >= 4 is 28.8 Å². The molecule has 0 aromatic heterocycles. The summed E-state index contributed by atoms with van der Waals surface area (Å²) in [5.41, 5.74) is 7.58. The lowest BCUT2D eigenvalue weighted by Gasteiger charge is -2.19. The predicted molar refractivity (Wildman–Crippen MR) is 81.4 cm³/mol. The van der Waals surface area contributed by atoms with Crippen LogP contribution in [0.25, 0.3) is 0 Å². The van der Waals surface area contributed by atoms with Crippen molar-refractivity contribution in [1.29, 1.82) is 0 Å². The Kier molecular flexibility index (Phi) is 5.03. The summed E-state index contributed by atoms with van der Waals surface area (Å²) < 4.78 is 5.42. The molecule has 0 aliphatic heterocycles. The fourth-order valence-corrected chi connectivity index (χ4v) is 1.84. The van der Waals surface area contributed by atoms with Gasteiger partial charge < -0.3 is 15.8 Å². The highest BCUT2D eigenvalue weighted by Crippen LogP contribution is 2.19. The minimum Gasteiger partial charge on any atom is -0.389 e. The normalized spacial score (nSPS) is 11.2. The molecule has 0 unspecified atom stereocenters. The van der Waals surface area contributed by atoms with Gasteiger partial charge in [-0.15, -0.1) is 0 Å². The van der Waals surface area contributed by atoms with Crippen molar-refractivity contribution in [2.24, 2.45) is 5.73 Å².